The summed E-state index contributed by atoms with van der Waals surface area (Å²) < 4.78 is 0. The molecule has 0 aliphatic heterocycles. The molecule has 4 amide bonds. The van der Waals surface area contributed by atoms with E-state index in [9.17, 15) is 34.2 Å². The number of nitrogens with two attached hydrogens (primary N) is 4. The molecule has 0 aromatic rings. The summed E-state index contributed by atoms with van der Waals surface area (Å²) in [5.41, 5.74) is 20.9. The highest BCUT2D eigenvalue weighted by atomic mass is 32.1. The second-order valence-electron chi connectivity index (χ2n) is 7.10. The van der Waals surface area contributed by atoms with Crippen LogP contribution < -0.4 is 38.9 Å². The van der Waals surface area contributed by atoms with E-state index in [4.69, 9.17) is 22.9 Å². The Balaban J connectivity index is 5.15. The first-order valence-corrected chi connectivity index (χ1v) is 10.5. The number of carbonyl (C=O) groups is 5. The average Bonchev–Trinajstić information content (AvgIpc) is 2.70. The molecule has 0 fully saturated rings. The molecule has 0 aromatic heterocycles. The molecular weight excluding hydrogens is 460 g/mol. The molecule has 15 nitrogen and oxygen atoms in total. The third-order valence-corrected chi connectivity index (χ3v) is 4.56. The third-order valence-electron chi connectivity index (χ3n) is 4.20. The molecule has 0 rings (SSSR count). The molecule has 0 aliphatic rings. The first kappa shape index (κ1) is 29.9. The van der Waals surface area contributed by atoms with Crippen LogP contribution in [0.2, 0.25) is 0 Å². The van der Waals surface area contributed by atoms with Crippen LogP contribution in [0.1, 0.15) is 26.2 Å². The van der Waals surface area contributed by atoms with Gasteiger partial charge in [0.1, 0.15) is 18.1 Å². The van der Waals surface area contributed by atoms with Gasteiger partial charge in [0.25, 0.3) is 0 Å². The molecule has 0 aromatic carbocycles. The summed E-state index contributed by atoms with van der Waals surface area (Å²) >= 11 is 3.96. The first-order chi connectivity index (χ1) is 15.3. The van der Waals surface area contributed by atoms with E-state index < -0.39 is 66.3 Å². The van der Waals surface area contributed by atoms with Gasteiger partial charge in [0.05, 0.1) is 18.6 Å². The lowest BCUT2D eigenvalue weighted by Gasteiger charge is -2.26. The Labute approximate surface area is 195 Å². The van der Waals surface area contributed by atoms with Gasteiger partial charge in [-0.1, -0.05) is 0 Å². The molecule has 188 valence electrons. The Morgan fingerprint density at radius 3 is 2.00 bits per heavy atom. The van der Waals surface area contributed by atoms with Gasteiger partial charge in [-0.2, -0.15) is 12.6 Å². The monoisotopic (exact) mass is 492 g/mol. The molecule has 5 atom stereocenters. The Hall–Kier alpha value is -3.11. The summed E-state index contributed by atoms with van der Waals surface area (Å²) in [5, 5.41) is 26.0. The van der Waals surface area contributed by atoms with Gasteiger partial charge < -0.3 is 49.1 Å². The van der Waals surface area contributed by atoms with Crippen LogP contribution in [0.15, 0.2) is 4.99 Å². The number of aliphatic hydroxyl groups excluding tert-OH is 1. The molecule has 0 bridgehead atoms. The number of amides is 4. The summed E-state index contributed by atoms with van der Waals surface area (Å²) in [6, 6.07) is -5.46. The second kappa shape index (κ2) is 14.9. The fourth-order valence-corrected chi connectivity index (χ4v) is 2.72. The number of primary amides is 1. The smallest absolute Gasteiger partial charge is 0.326 e. The third kappa shape index (κ3) is 11.9. The summed E-state index contributed by atoms with van der Waals surface area (Å²) in [7, 11) is 0. The van der Waals surface area contributed by atoms with Crippen LogP contribution in [0.25, 0.3) is 0 Å². The fourth-order valence-electron chi connectivity index (χ4n) is 2.46. The van der Waals surface area contributed by atoms with Crippen molar-refractivity contribution in [3.63, 3.8) is 0 Å². The van der Waals surface area contributed by atoms with Gasteiger partial charge in [-0.3, -0.25) is 24.2 Å². The summed E-state index contributed by atoms with van der Waals surface area (Å²) in [5.74, 6) is -5.25. The van der Waals surface area contributed by atoms with E-state index >= 15 is 0 Å². The number of carboxylic acids is 1. The van der Waals surface area contributed by atoms with Crippen molar-refractivity contribution >= 4 is 48.2 Å². The minimum Gasteiger partial charge on any atom is -0.480 e. The predicted molar refractivity (Wildman–Crippen MR) is 121 cm³/mol. The zero-order valence-corrected chi connectivity index (χ0v) is 19.0. The Morgan fingerprint density at radius 2 is 1.55 bits per heavy atom. The Morgan fingerprint density at radius 1 is 0.970 bits per heavy atom. The molecule has 33 heavy (non-hydrogen) atoms. The maximum Gasteiger partial charge on any atom is 0.326 e. The van der Waals surface area contributed by atoms with E-state index in [-0.39, 0.29) is 31.1 Å². The number of hydrogen-bond donors (Lipinski definition) is 10. The molecule has 0 saturated heterocycles. The number of aliphatic carboxylic acids is 1. The average molecular weight is 493 g/mol. The molecule has 5 unspecified atom stereocenters. The highest BCUT2D eigenvalue weighted by Gasteiger charge is 2.32. The van der Waals surface area contributed by atoms with E-state index in [1.165, 1.54) is 6.92 Å². The van der Waals surface area contributed by atoms with Crippen LogP contribution in [0, 0.1) is 0 Å². The molecule has 0 saturated carbocycles. The largest absolute Gasteiger partial charge is 0.480 e. The Kier molecular flexibility index (Phi) is 13.5. The van der Waals surface area contributed by atoms with Crippen LogP contribution >= 0.6 is 12.6 Å². The van der Waals surface area contributed by atoms with Crippen molar-refractivity contribution in [2.75, 3.05) is 12.3 Å². The minimum absolute atomic E-state index is 0.0224. The number of carboxylic acid groups (broad SMARTS) is 1. The number of guanidine groups is 1. The lowest BCUT2D eigenvalue weighted by molar-refractivity contribution is -0.143. The molecule has 0 spiro atoms. The summed E-state index contributed by atoms with van der Waals surface area (Å²) in [6.45, 7) is 1.34. The quantitative estimate of drug-likeness (QED) is 0.0450. The van der Waals surface area contributed by atoms with Crippen LogP contribution in [-0.2, 0) is 24.0 Å². The first-order valence-electron chi connectivity index (χ1n) is 9.82. The normalized spacial score (nSPS) is 15.2. The number of thiol groups is 1. The van der Waals surface area contributed by atoms with Gasteiger partial charge in [0.2, 0.25) is 23.6 Å². The molecule has 0 aliphatic carbocycles. The van der Waals surface area contributed by atoms with Crippen molar-refractivity contribution in [1.29, 1.82) is 0 Å². The highest BCUT2D eigenvalue weighted by Crippen LogP contribution is 2.03. The lowest BCUT2D eigenvalue weighted by Crippen LogP contribution is -2.60. The van der Waals surface area contributed by atoms with E-state index in [0.717, 1.165) is 0 Å². The van der Waals surface area contributed by atoms with E-state index in [2.05, 4.69) is 33.6 Å². The Bertz CT molecular complexity index is 745. The van der Waals surface area contributed by atoms with Gasteiger partial charge in [-0.15, -0.1) is 0 Å². The maximum absolute atomic E-state index is 12.5. The number of aliphatic hydroxyl groups is 1. The van der Waals surface area contributed by atoms with Gasteiger partial charge >= 0.3 is 5.97 Å². The van der Waals surface area contributed by atoms with Crippen LogP contribution in [0.3, 0.4) is 0 Å². The summed E-state index contributed by atoms with van der Waals surface area (Å²) in [6.07, 6.45) is -1.66. The molecular formula is C17H32N8O7S. The van der Waals surface area contributed by atoms with E-state index in [1.807, 2.05) is 0 Å². The number of aliphatic imine (C=N–C) groups is 1. The van der Waals surface area contributed by atoms with Crippen molar-refractivity contribution in [3.05, 3.63) is 0 Å². The number of rotatable bonds is 15. The van der Waals surface area contributed by atoms with Crippen molar-refractivity contribution in [3.8, 4) is 0 Å². The lowest BCUT2D eigenvalue weighted by atomic mass is 10.1. The standard InChI is InChI=1S/C17H32N8O7S/c1-7(26)12(15(30)23-9(16(31)32)3-2-4-22-17(20)21)25-14(29)10(6-33)24-13(28)8(18)5-11(19)27/h7-10,12,26,33H,2-6,18H2,1H3,(H2,19,27)(H,23,30)(H,24,28)(H,25,29)(H,31,32)(H4,20,21,22). The van der Waals surface area contributed by atoms with Crippen LogP contribution in [0.5, 0.6) is 0 Å². The topological polar surface area (TPSA) is 278 Å². The molecule has 0 radical (unpaired) electrons. The van der Waals surface area contributed by atoms with Gasteiger partial charge in [0.15, 0.2) is 5.96 Å². The number of nitrogens with zero attached hydrogens (tertiary/aromatic N) is 1. The van der Waals surface area contributed by atoms with Crippen molar-refractivity contribution in [2.45, 2.75) is 56.5 Å². The predicted octanol–water partition coefficient (Wildman–Crippen LogP) is -4.91. The second-order valence-corrected chi connectivity index (χ2v) is 7.46. The van der Waals surface area contributed by atoms with Gasteiger partial charge in [-0.25, -0.2) is 4.79 Å². The summed E-state index contributed by atoms with van der Waals surface area (Å²) in [4.78, 5) is 63.1. The molecule has 13 N–H and O–H groups in total. The van der Waals surface area contributed by atoms with Gasteiger partial charge in [-0.05, 0) is 19.8 Å². The SMILES string of the molecule is CC(O)C(NC(=O)C(CS)NC(=O)C(N)CC(N)=O)C(=O)NC(CCCN=C(N)N)C(=O)O. The van der Waals surface area contributed by atoms with E-state index in [0.29, 0.717) is 0 Å². The number of hydrogen-bond acceptors (Lipinski definition) is 9. The van der Waals surface area contributed by atoms with Crippen molar-refractivity contribution in [1.82, 2.24) is 16.0 Å². The maximum atomic E-state index is 12.5. The van der Waals surface area contributed by atoms with E-state index in [1.54, 1.807) is 0 Å². The zero-order valence-electron chi connectivity index (χ0n) is 18.1. The van der Waals surface area contributed by atoms with Crippen molar-refractivity contribution in [2.24, 2.45) is 27.9 Å². The van der Waals surface area contributed by atoms with Crippen LogP contribution in [-0.4, -0.2) is 88.3 Å². The number of nitrogens with one attached hydrogen (secondary N) is 3. The molecule has 16 heteroatoms. The fraction of sp³-hybridized carbons (Fsp3) is 0.647. The number of carbonyl (C=O) groups excluding carboxylic acids is 4. The zero-order chi connectivity index (χ0) is 25.7. The van der Waals surface area contributed by atoms with Crippen LogP contribution in [0.4, 0.5) is 0 Å². The molecule has 0 heterocycles. The minimum atomic E-state index is -1.55. The highest BCUT2D eigenvalue weighted by molar-refractivity contribution is 7.80. The van der Waals surface area contributed by atoms with Crippen molar-refractivity contribution < 1.29 is 34.2 Å². The van der Waals surface area contributed by atoms with Gasteiger partial charge in [0, 0.05) is 12.3 Å².